The maximum absolute atomic E-state index is 10.0. The van der Waals surface area contributed by atoms with Gasteiger partial charge in [-0.25, -0.2) is 0 Å². The first-order valence-electron chi connectivity index (χ1n) is 7.01. The van der Waals surface area contributed by atoms with E-state index >= 15 is 0 Å². The topological polar surface area (TPSA) is 49.5 Å². The molecule has 18 heavy (non-hydrogen) atoms. The number of para-hydroxylation sites is 1. The molecule has 0 bridgehead atoms. The van der Waals surface area contributed by atoms with Crippen LogP contribution in [-0.4, -0.2) is 29.1 Å². The van der Waals surface area contributed by atoms with Gasteiger partial charge in [0.25, 0.3) is 0 Å². The van der Waals surface area contributed by atoms with Crippen LogP contribution in [0.3, 0.4) is 0 Å². The minimum absolute atomic E-state index is 0.292. The summed E-state index contributed by atoms with van der Waals surface area (Å²) in [7, 11) is 0. The Bertz CT molecular complexity index is 381. The fraction of sp³-hybridized carbons (Fsp3) is 0.600. The molecule has 0 spiro atoms. The molecule has 100 valence electrons. The van der Waals surface area contributed by atoms with E-state index in [4.69, 9.17) is 5.73 Å². The lowest BCUT2D eigenvalue weighted by Gasteiger charge is -2.41. The third kappa shape index (κ3) is 2.68. The first-order chi connectivity index (χ1) is 8.77. The lowest BCUT2D eigenvalue weighted by Crippen LogP contribution is -2.45. The van der Waals surface area contributed by atoms with Crippen molar-refractivity contribution >= 4 is 0 Å². The lowest BCUT2D eigenvalue weighted by molar-refractivity contribution is 0.0945. The van der Waals surface area contributed by atoms with Gasteiger partial charge in [0.2, 0.25) is 0 Å². The van der Waals surface area contributed by atoms with Gasteiger partial charge >= 0.3 is 0 Å². The molecule has 1 aromatic carbocycles. The monoisotopic (exact) mass is 248 g/mol. The lowest BCUT2D eigenvalue weighted by atomic mass is 9.94. The van der Waals surface area contributed by atoms with Crippen LogP contribution < -0.4 is 5.73 Å². The minimum Gasteiger partial charge on any atom is -0.508 e. The second-order valence-electron chi connectivity index (χ2n) is 5.11. The van der Waals surface area contributed by atoms with E-state index in [9.17, 15) is 5.11 Å². The van der Waals surface area contributed by atoms with E-state index in [1.54, 1.807) is 6.07 Å². The Morgan fingerprint density at radius 3 is 2.83 bits per heavy atom. The summed E-state index contributed by atoms with van der Waals surface area (Å²) < 4.78 is 0. The molecule has 1 heterocycles. The van der Waals surface area contributed by atoms with Crippen LogP contribution in [0.1, 0.15) is 44.2 Å². The molecule has 0 saturated carbocycles. The summed E-state index contributed by atoms with van der Waals surface area (Å²) in [6, 6.07) is 8.44. The molecule has 2 unspecified atom stereocenters. The van der Waals surface area contributed by atoms with Crippen LogP contribution >= 0.6 is 0 Å². The molecule has 2 rings (SSSR count). The Morgan fingerprint density at radius 1 is 1.39 bits per heavy atom. The van der Waals surface area contributed by atoms with Gasteiger partial charge in [-0.05, 0) is 31.9 Å². The van der Waals surface area contributed by atoms with Crippen LogP contribution in [0.15, 0.2) is 24.3 Å². The van der Waals surface area contributed by atoms with Crippen LogP contribution in [0.4, 0.5) is 0 Å². The van der Waals surface area contributed by atoms with Crippen molar-refractivity contribution in [3.63, 3.8) is 0 Å². The maximum atomic E-state index is 10.0. The molecule has 0 aromatic heterocycles. The molecular weight excluding hydrogens is 224 g/mol. The van der Waals surface area contributed by atoms with Crippen LogP contribution in [-0.2, 0) is 0 Å². The smallest absolute Gasteiger partial charge is 0.120 e. The van der Waals surface area contributed by atoms with E-state index in [1.807, 2.05) is 18.2 Å². The van der Waals surface area contributed by atoms with Gasteiger partial charge in [-0.15, -0.1) is 0 Å². The van der Waals surface area contributed by atoms with Gasteiger partial charge < -0.3 is 10.8 Å². The predicted octanol–water partition coefficient (Wildman–Crippen LogP) is 2.66. The van der Waals surface area contributed by atoms with Gasteiger partial charge in [0.1, 0.15) is 5.75 Å². The van der Waals surface area contributed by atoms with E-state index in [1.165, 1.54) is 19.3 Å². The molecule has 0 aliphatic carbocycles. The van der Waals surface area contributed by atoms with Crippen LogP contribution in [0.2, 0.25) is 0 Å². The number of nitrogens with two attached hydrogens (primary N) is 1. The molecule has 0 amide bonds. The van der Waals surface area contributed by atoms with E-state index in [2.05, 4.69) is 11.8 Å². The van der Waals surface area contributed by atoms with Gasteiger partial charge in [0.15, 0.2) is 0 Å². The molecule has 2 atom stereocenters. The van der Waals surface area contributed by atoms with Crippen molar-refractivity contribution in [1.82, 2.24) is 4.90 Å². The number of phenols is 1. The van der Waals surface area contributed by atoms with E-state index < -0.39 is 0 Å². The third-order valence-corrected chi connectivity index (χ3v) is 4.03. The molecule has 3 heteroatoms. The Hall–Kier alpha value is -1.06. The second kappa shape index (κ2) is 6.21. The van der Waals surface area contributed by atoms with Gasteiger partial charge in [0, 0.05) is 24.2 Å². The minimum atomic E-state index is 0.292. The zero-order chi connectivity index (χ0) is 13.0. The Balaban J connectivity index is 2.24. The molecule has 3 N–H and O–H groups in total. The van der Waals surface area contributed by atoms with Crippen molar-refractivity contribution in [2.75, 3.05) is 13.1 Å². The molecule has 1 aromatic rings. The number of likely N-dealkylation sites (tertiary alicyclic amines) is 1. The number of hydrogen-bond donors (Lipinski definition) is 2. The number of hydrogen-bond acceptors (Lipinski definition) is 3. The van der Waals surface area contributed by atoms with Crippen molar-refractivity contribution in [1.29, 1.82) is 0 Å². The van der Waals surface area contributed by atoms with E-state index in [0.29, 0.717) is 24.4 Å². The van der Waals surface area contributed by atoms with Gasteiger partial charge in [0.05, 0.1) is 0 Å². The van der Waals surface area contributed by atoms with E-state index in [-0.39, 0.29) is 0 Å². The molecular formula is C15H24N2O. The Kier molecular flexibility index (Phi) is 4.61. The van der Waals surface area contributed by atoms with Crippen LogP contribution in [0, 0.1) is 0 Å². The molecule has 3 nitrogen and oxygen atoms in total. The average Bonchev–Trinajstić information content (AvgIpc) is 2.42. The number of nitrogens with zero attached hydrogens (tertiary/aromatic N) is 1. The summed E-state index contributed by atoms with van der Waals surface area (Å²) in [6.07, 6.45) is 4.70. The van der Waals surface area contributed by atoms with E-state index in [0.717, 1.165) is 18.5 Å². The standard InChI is InChI=1S/C15H24N2O/c1-2-14(13-8-3-4-9-15(13)18)17-10-6-5-7-12(17)11-16/h3-4,8-9,12,14,18H,2,5-7,10-11,16H2,1H3. The molecule has 0 radical (unpaired) electrons. The largest absolute Gasteiger partial charge is 0.508 e. The SMILES string of the molecule is CCC(c1ccccc1O)N1CCCCC1CN. The Morgan fingerprint density at radius 2 is 2.17 bits per heavy atom. The molecule has 1 aliphatic heterocycles. The maximum Gasteiger partial charge on any atom is 0.120 e. The molecule has 1 saturated heterocycles. The normalized spacial score (nSPS) is 22.9. The molecule has 1 aliphatic rings. The highest BCUT2D eigenvalue weighted by molar-refractivity contribution is 5.34. The number of benzene rings is 1. The fourth-order valence-electron chi connectivity index (χ4n) is 3.09. The van der Waals surface area contributed by atoms with Crippen molar-refractivity contribution in [2.24, 2.45) is 5.73 Å². The summed E-state index contributed by atoms with van der Waals surface area (Å²) in [6.45, 7) is 3.98. The van der Waals surface area contributed by atoms with Crippen molar-refractivity contribution in [3.8, 4) is 5.75 Å². The summed E-state index contributed by atoms with van der Waals surface area (Å²) in [5.41, 5.74) is 6.94. The summed E-state index contributed by atoms with van der Waals surface area (Å²) in [5.74, 6) is 0.408. The Labute approximate surface area is 110 Å². The molecule has 1 fully saturated rings. The number of rotatable bonds is 4. The first kappa shape index (κ1) is 13.4. The summed E-state index contributed by atoms with van der Waals surface area (Å²) in [4.78, 5) is 2.48. The fourth-order valence-corrected chi connectivity index (χ4v) is 3.09. The van der Waals surface area contributed by atoms with Crippen molar-refractivity contribution in [2.45, 2.75) is 44.7 Å². The van der Waals surface area contributed by atoms with Crippen LogP contribution in [0.25, 0.3) is 0 Å². The number of aromatic hydroxyl groups is 1. The van der Waals surface area contributed by atoms with Crippen molar-refractivity contribution in [3.05, 3.63) is 29.8 Å². The zero-order valence-corrected chi connectivity index (χ0v) is 11.2. The highest BCUT2D eigenvalue weighted by Crippen LogP contribution is 2.34. The zero-order valence-electron chi connectivity index (χ0n) is 11.2. The van der Waals surface area contributed by atoms with Crippen LogP contribution in [0.5, 0.6) is 5.75 Å². The summed E-state index contributed by atoms with van der Waals surface area (Å²) >= 11 is 0. The van der Waals surface area contributed by atoms with Crippen molar-refractivity contribution < 1.29 is 5.11 Å². The van der Waals surface area contributed by atoms with Gasteiger partial charge in [-0.3, -0.25) is 4.90 Å². The highest BCUT2D eigenvalue weighted by atomic mass is 16.3. The highest BCUT2D eigenvalue weighted by Gasteiger charge is 2.29. The van der Waals surface area contributed by atoms with Gasteiger partial charge in [-0.2, -0.15) is 0 Å². The quantitative estimate of drug-likeness (QED) is 0.861. The number of phenolic OH excluding ortho intramolecular Hbond substituents is 1. The third-order valence-electron chi connectivity index (χ3n) is 4.03. The second-order valence-corrected chi connectivity index (χ2v) is 5.11. The summed E-state index contributed by atoms with van der Waals surface area (Å²) in [5, 5.41) is 10.0. The number of piperidine rings is 1. The first-order valence-corrected chi connectivity index (χ1v) is 7.01. The average molecular weight is 248 g/mol. The predicted molar refractivity (Wildman–Crippen MR) is 74.5 cm³/mol. The van der Waals surface area contributed by atoms with Gasteiger partial charge in [-0.1, -0.05) is 31.5 Å².